The number of hydrogen-bond acceptors (Lipinski definition) is 3. The van der Waals surface area contributed by atoms with E-state index in [2.05, 4.69) is 91.7 Å². The average molecular weight is 447 g/mol. The fourth-order valence-electron chi connectivity index (χ4n) is 4.30. The number of fused-ring (bicyclic) bond motifs is 1. The Hall–Kier alpha value is -2.36. The lowest BCUT2D eigenvalue weighted by Gasteiger charge is -2.22. The first-order valence-corrected chi connectivity index (χ1v) is 12.8. The number of hydrogen-bond donors (Lipinski definition) is 1. The van der Waals surface area contributed by atoms with Gasteiger partial charge in [0.1, 0.15) is 12.4 Å². The second-order valence-electron chi connectivity index (χ2n) is 9.06. The van der Waals surface area contributed by atoms with Crippen LogP contribution >= 0.6 is 0 Å². The molecule has 0 unspecified atom stereocenters. The summed E-state index contributed by atoms with van der Waals surface area (Å²) in [5, 5.41) is 6.25. The molecular formula is C30H42N2O. The molecule has 0 bridgehead atoms. The molecule has 0 fully saturated rings. The highest BCUT2D eigenvalue weighted by atomic mass is 16.5. The molecule has 0 aliphatic rings. The number of ether oxygens (including phenoxy) is 1. The molecular weight excluding hydrogens is 404 g/mol. The fraction of sp³-hybridized carbons (Fsp3) is 0.467. The van der Waals surface area contributed by atoms with Gasteiger partial charge in [0.2, 0.25) is 0 Å². The molecule has 33 heavy (non-hydrogen) atoms. The lowest BCUT2D eigenvalue weighted by Crippen LogP contribution is -2.29. The smallest absolute Gasteiger partial charge is 0.124 e. The van der Waals surface area contributed by atoms with Gasteiger partial charge >= 0.3 is 0 Å². The van der Waals surface area contributed by atoms with Gasteiger partial charge < -0.3 is 15.0 Å². The largest absolute Gasteiger partial charge is 0.489 e. The monoisotopic (exact) mass is 446 g/mol. The van der Waals surface area contributed by atoms with Crippen LogP contribution in [0.15, 0.2) is 60.7 Å². The zero-order valence-electron chi connectivity index (χ0n) is 20.9. The molecule has 0 radical (unpaired) electrons. The second-order valence-corrected chi connectivity index (χ2v) is 9.06. The summed E-state index contributed by atoms with van der Waals surface area (Å²) < 4.78 is 6.35. The quantitative estimate of drug-likeness (QED) is 0.252. The zero-order valence-corrected chi connectivity index (χ0v) is 20.9. The van der Waals surface area contributed by atoms with Crippen molar-refractivity contribution >= 4 is 10.8 Å². The maximum Gasteiger partial charge on any atom is 0.124 e. The van der Waals surface area contributed by atoms with Crippen molar-refractivity contribution in [2.45, 2.75) is 66.0 Å². The van der Waals surface area contributed by atoms with Crippen LogP contribution in [0.1, 0.15) is 62.6 Å². The third-order valence-electron chi connectivity index (χ3n) is 6.43. The molecule has 1 N–H and O–H groups in total. The third-order valence-corrected chi connectivity index (χ3v) is 6.43. The topological polar surface area (TPSA) is 24.5 Å². The predicted molar refractivity (Wildman–Crippen MR) is 142 cm³/mol. The van der Waals surface area contributed by atoms with Crippen LogP contribution < -0.4 is 10.1 Å². The van der Waals surface area contributed by atoms with Crippen molar-refractivity contribution in [3.8, 4) is 5.75 Å². The zero-order chi connectivity index (χ0) is 23.3. The molecule has 3 nitrogen and oxygen atoms in total. The Morgan fingerprint density at radius 1 is 0.788 bits per heavy atom. The van der Waals surface area contributed by atoms with Gasteiger partial charge in [-0.05, 0) is 80.3 Å². The summed E-state index contributed by atoms with van der Waals surface area (Å²) in [5.74, 6) is 0.983. The Balaban J connectivity index is 1.61. The minimum atomic E-state index is 0.599. The van der Waals surface area contributed by atoms with E-state index in [0.29, 0.717) is 6.61 Å². The van der Waals surface area contributed by atoms with E-state index in [0.717, 1.165) is 18.8 Å². The molecule has 0 aromatic heterocycles. The normalized spacial score (nSPS) is 11.4. The standard InChI is InChI=1S/C30H42N2O/c1-4-6-20-32(21-7-5-2)22-12-19-31-23-29-28-16-11-10-14-26(28)17-18-30(29)33-24-27-15-9-8-13-25(27)3/h8-11,13-18,31H,4-7,12,19-24H2,1-3H3. The number of benzene rings is 3. The molecule has 0 aliphatic heterocycles. The maximum atomic E-state index is 6.35. The Kier molecular flexibility index (Phi) is 10.7. The highest BCUT2D eigenvalue weighted by molar-refractivity contribution is 5.87. The van der Waals surface area contributed by atoms with Crippen LogP contribution in [0, 0.1) is 6.92 Å². The van der Waals surface area contributed by atoms with Gasteiger partial charge in [-0.15, -0.1) is 0 Å². The Labute approximate surface area is 201 Å². The summed E-state index contributed by atoms with van der Waals surface area (Å²) in [4.78, 5) is 2.64. The summed E-state index contributed by atoms with van der Waals surface area (Å²) in [7, 11) is 0. The molecule has 3 aromatic carbocycles. The van der Waals surface area contributed by atoms with Gasteiger partial charge in [-0.3, -0.25) is 0 Å². The van der Waals surface area contributed by atoms with Crippen molar-refractivity contribution in [1.82, 2.24) is 10.2 Å². The number of aryl methyl sites for hydroxylation is 1. The van der Waals surface area contributed by atoms with E-state index in [1.54, 1.807) is 0 Å². The average Bonchev–Trinajstić information content (AvgIpc) is 2.85. The van der Waals surface area contributed by atoms with E-state index in [4.69, 9.17) is 4.74 Å². The second kappa shape index (κ2) is 14.0. The van der Waals surface area contributed by atoms with Crippen molar-refractivity contribution < 1.29 is 4.74 Å². The molecule has 3 aromatic rings. The van der Waals surface area contributed by atoms with Crippen molar-refractivity contribution in [2.75, 3.05) is 26.2 Å². The first-order valence-electron chi connectivity index (χ1n) is 12.8. The minimum absolute atomic E-state index is 0.599. The highest BCUT2D eigenvalue weighted by Crippen LogP contribution is 2.29. The number of rotatable bonds is 15. The highest BCUT2D eigenvalue weighted by Gasteiger charge is 2.10. The minimum Gasteiger partial charge on any atom is -0.489 e. The summed E-state index contributed by atoms with van der Waals surface area (Å²) in [5.41, 5.74) is 3.77. The first-order chi connectivity index (χ1) is 16.2. The van der Waals surface area contributed by atoms with Gasteiger partial charge in [0.05, 0.1) is 0 Å². The number of nitrogens with one attached hydrogen (secondary N) is 1. The summed E-state index contributed by atoms with van der Waals surface area (Å²) in [6.45, 7) is 12.8. The van der Waals surface area contributed by atoms with E-state index < -0.39 is 0 Å². The SMILES string of the molecule is CCCCN(CCCC)CCCNCc1c(OCc2ccccc2C)ccc2ccccc12. The van der Waals surface area contributed by atoms with Gasteiger partial charge in [0.15, 0.2) is 0 Å². The summed E-state index contributed by atoms with van der Waals surface area (Å²) in [6.07, 6.45) is 6.32. The van der Waals surface area contributed by atoms with Crippen molar-refractivity contribution in [3.63, 3.8) is 0 Å². The summed E-state index contributed by atoms with van der Waals surface area (Å²) in [6, 6.07) is 21.4. The summed E-state index contributed by atoms with van der Waals surface area (Å²) >= 11 is 0. The molecule has 0 saturated heterocycles. The van der Waals surface area contributed by atoms with Crippen LogP contribution in [0.3, 0.4) is 0 Å². The van der Waals surface area contributed by atoms with E-state index in [9.17, 15) is 0 Å². The van der Waals surface area contributed by atoms with Gasteiger partial charge in [-0.25, -0.2) is 0 Å². The maximum absolute atomic E-state index is 6.35. The van der Waals surface area contributed by atoms with Crippen LogP contribution in [0.4, 0.5) is 0 Å². The molecule has 3 rings (SSSR count). The van der Waals surface area contributed by atoms with E-state index in [1.807, 2.05) is 0 Å². The Bertz CT molecular complexity index is 960. The molecule has 0 saturated carbocycles. The lowest BCUT2D eigenvalue weighted by molar-refractivity contribution is 0.260. The fourth-order valence-corrected chi connectivity index (χ4v) is 4.30. The van der Waals surface area contributed by atoms with Crippen LogP contribution in [0.5, 0.6) is 5.75 Å². The Morgan fingerprint density at radius 2 is 1.48 bits per heavy atom. The van der Waals surface area contributed by atoms with E-state index in [-0.39, 0.29) is 0 Å². The number of nitrogens with zero attached hydrogens (tertiary/aromatic N) is 1. The van der Waals surface area contributed by atoms with Crippen LogP contribution in [-0.4, -0.2) is 31.1 Å². The molecule has 0 amide bonds. The van der Waals surface area contributed by atoms with Crippen LogP contribution in [0.2, 0.25) is 0 Å². The van der Waals surface area contributed by atoms with E-state index >= 15 is 0 Å². The molecule has 0 atom stereocenters. The van der Waals surface area contributed by atoms with Gasteiger partial charge in [-0.2, -0.15) is 0 Å². The molecule has 178 valence electrons. The Morgan fingerprint density at radius 3 is 2.24 bits per heavy atom. The van der Waals surface area contributed by atoms with Gasteiger partial charge in [-0.1, -0.05) is 81.3 Å². The molecule has 0 aliphatic carbocycles. The van der Waals surface area contributed by atoms with Crippen molar-refractivity contribution in [1.29, 1.82) is 0 Å². The molecule has 3 heteroatoms. The number of unbranched alkanes of at least 4 members (excludes halogenated alkanes) is 2. The van der Waals surface area contributed by atoms with Crippen LogP contribution in [0.25, 0.3) is 10.8 Å². The van der Waals surface area contributed by atoms with Crippen molar-refractivity contribution in [2.24, 2.45) is 0 Å². The predicted octanol–water partition coefficient (Wildman–Crippen LogP) is 7.11. The van der Waals surface area contributed by atoms with Gasteiger partial charge in [0, 0.05) is 12.1 Å². The lowest BCUT2D eigenvalue weighted by atomic mass is 10.0. The van der Waals surface area contributed by atoms with Crippen molar-refractivity contribution in [3.05, 3.63) is 77.4 Å². The molecule has 0 heterocycles. The third kappa shape index (κ3) is 7.87. The van der Waals surface area contributed by atoms with E-state index in [1.165, 1.54) is 79.2 Å². The molecule has 0 spiro atoms. The van der Waals surface area contributed by atoms with Gasteiger partial charge in [0.25, 0.3) is 0 Å². The van der Waals surface area contributed by atoms with Crippen LogP contribution in [-0.2, 0) is 13.2 Å². The first kappa shape index (κ1) is 25.3.